The minimum atomic E-state index is -3.51. The first kappa shape index (κ1) is 22.4. The fourth-order valence-corrected chi connectivity index (χ4v) is 3.56. The summed E-state index contributed by atoms with van der Waals surface area (Å²) >= 11 is 0. The van der Waals surface area contributed by atoms with Crippen molar-refractivity contribution in [2.45, 2.75) is 51.9 Å². The molecule has 0 radical (unpaired) electrons. The minimum Gasteiger partial charge on any atom is -0.508 e. The summed E-state index contributed by atoms with van der Waals surface area (Å²) in [6.45, 7) is 5.64. The molecule has 7 nitrogen and oxygen atoms in total. The van der Waals surface area contributed by atoms with E-state index in [1.54, 1.807) is 12.1 Å². The van der Waals surface area contributed by atoms with Crippen LogP contribution in [0.1, 0.15) is 51.7 Å². The van der Waals surface area contributed by atoms with E-state index in [2.05, 4.69) is 0 Å². The Bertz CT molecular complexity index is 803. The lowest BCUT2D eigenvalue weighted by molar-refractivity contribution is -0.295. The van der Waals surface area contributed by atoms with E-state index in [0.29, 0.717) is 19.4 Å². The zero-order valence-electron chi connectivity index (χ0n) is 16.6. The lowest BCUT2D eigenvalue weighted by Gasteiger charge is -2.41. The van der Waals surface area contributed by atoms with Crippen LogP contribution in [0.5, 0.6) is 5.75 Å². The molecule has 1 fully saturated rings. The van der Waals surface area contributed by atoms with Gasteiger partial charge in [0.1, 0.15) is 5.75 Å². The number of para-hydroxylation sites is 1. The summed E-state index contributed by atoms with van der Waals surface area (Å²) in [5, 5.41) is 10.2. The predicted molar refractivity (Wildman–Crippen MR) is 106 cm³/mol. The van der Waals surface area contributed by atoms with Crippen LogP contribution in [0.4, 0.5) is 0 Å². The number of ether oxygens (including phenoxy) is 2. The highest BCUT2D eigenvalue weighted by Gasteiger charge is 2.37. The van der Waals surface area contributed by atoms with Gasteiger partial charge in [-0.1, -0.05) is 30.4 Å². The van der Waals surface area contributed by atoms with Gasteiger partial charge in [0.15, 0.2) is 5.79 Å². The molecule has 1 saturated heterocycles. The number of allylic oxidation sites excluding steroid dienone is 2. The molecule has 0 aromatic heterocycles. The number of carbonyl (C=O) groups is 1. The maximum atomic E-state index is 11.6. The van der Waals surface area contributed by atoms with Crippen molar-refractivity contribution >= 4 is 15.9 Å². The summed E-state index contributed by atoms with van der Waals surface area (Å²) in [5.41, 5.74) is 0.724. The van der Waals surface area contributed by atoms with Crippen LogP contribution in [0.3, 0.4) is 0 Å². The number of hydrogen-bond donors (Lipinski definition) is 2. The van der Waals surface area contributed by atoms with Crippen molar-refractivity contribution in [3.8, 4) is 5.75 Å². The molecule has 1 aromatic carbocycles. The molecule has 1 aliphatic heterocycles. The molecule has 1 heterocycles. The lowest BCUT2D eigenvalue weighted by Crippen LogP contribution is -2.41. The van der Waals surface area contributed by atoms with E-state index in [9.17, 15) is 18.3 Å². The third-order valence-electron chi connectivity index (χ3n) is 4.52. The quantitative estimate of drug-likeness (QED) is 0.638. The molecule has 156 valence electrons. The Labute approximate surface area is 166 Å². The van der Waals surface area contributed by atoms with E-state index in [1.807, 2.05) is 42.9 Å². The number of sulfonamides is 1. The highest BCUT2D eigenvalue weighted by Crippen LogP contribution is 2.41. The number of phenols is 1. The Morgan fingerprint density at radius 3 is 2.71 bits per heavy atom. The van der Waals surface area contributed by atoms with Gasteiger partial charge in [-0.05, 0) is 39.7 Å². The third-order valence-corrected chi connectivity index (χ3v) is 5.82. The van der Waals surface area contributed by atoms with Gasteiger partial charge in [0.25, 0.3) is 0 Å². The zero-order chi connectivity index (χ0) is 20.8. The minimum absolute atomic E-state index is 0.00636. The normalized spacial score (nSPS) is 22.2. The molecule has 0 saturated carbocycles. The molecular weight excluding hydrogens is 382 g/mol. The van der Waals surface area contributed by atoms with Crippen molar-refractivity contribution in [2.24, 2.45) is 5.92 Å². The van der Waals surface area contributed by atoms with Crippen LogP contribution in [-0.2, 0) is 24.3 Å². The third kappa shape index (κ3) is 6.61. The molecular formula is C20H29NO6S. The van der Waals surface area contributed by atoms with Crippen LogP contribution < -0.4 is 4.72 Å². The molecule has 1 amide bonds. The summed E-state index contributed by atoms with van der Waals surface area (Å²) in [6, 6.07) is 7.10. The summed E-state index contributed by atoms with van der Waals surface area (Å²) in [6.07, 6.45) is 4.65. The predicted octanol–water partition coefficient (Wildman–Crippen LogP) is 3.02. The van der Waals surface area contributed by atoms with Crippen LogP contribution in [0, 0.1) is 5.92 Å². The van der Waals surface area contributed by atoms with Crippen LogP contribution in [0.15, 0.2) is 36.4 Å². The number of nitrogens with one attached hydrogen (secondary N) is 1. The second-order valence-electron chi connectivity index (χ2n) is 7.24. The van der Waals surface area contributed by atoms with Gasteiger partial charge in [-0.2, -0.15) is 0 Å². The Hall–Kier alpha value is -1.90. The van der Waals surface area contributed by atoms with Crippen LogP contribution in [0.25, 0.3) is 0 Å². The average molecular weight is 412 g/mol. The van der Waals surface area contributed by atoms with Gasteiger partial charge in [0.2, 0.25) is 15.9 Å². The zero-order valence-corrected chi connectivity index (χ0v) is 17.4. The molecule has 0 unspecified atom stereocenters. The SMILES string of the molecule is CCS(=O)(=O)NC(=O)CCC=CC[C@@H]1COC(C)(C)O[C@@H]1c1ccccc1O. The second-order valence-corrected chi connectivity index (χ2v) is 9.25. The molecule has 8 heteroatoms. The fraction of sp³-hybridized carbons (Fsp3) is 0.550. The first-order valence-electron chi connectivity index (χ1n) is 9.41. The fourth-order valence-electron chi connectivity index (χ4n) is 2.97. The molecule has 2 N–H and O–H groups in total. The number of amides is 1. The van der Waals surface area contributed by atoms with Crippen LogP contribution in [0.2, 0.25) is 0 Å². The van der Waals surface area contributed by atoms with Gasteiger partial charge in [-0.15, -0.1) is 0 Å². The van der Waals surface area contributed by atoms with E-state index in [4.69, 9.17) is 9.47 Å². The molecule has 1 aliphatic rings. The highest BCUT2D eigenvalue weighted by atomic mass is 32.2. The van der Waals surface area contributed by atoms with E-state index in [0.717, 1.165) is 5.56 Å². The van der Waals surface area contributed by atoms with E-state index < -0.39 is 21.7 Å². The highest BCUT2D eigenvalue weighted by molar-refractivity contribution is 7.90. The maximum Gasteiger partial charge on any atom is 0.234 e. The smallest absolute Gasteiger partial charge is 0.234 e. The lowest BCUT2D eigenvalue weighted by atomic mass is 9.91. The molecule has 0 bridgehead atoms. The van der Waals surface area contributed by atoms with Gasteiger partial charge in [-0.25, -0.2) is 8.42 Å². The Morgan fingerprint density at radius 1 is 1.32 bits per heavy atom. The monoisotopic (exact) mass is 411 g/mol. The molecule has 2 atom stereocenters. The number of carbonyl (C=O) groups excluding carboxylic acids is 1. The van der Waals surface area contributed by atoms with E-state index in [1.165, 1.54) is 6.92 Å². The number of benzene rings is 1. The number of phenolic OH excluding ortho intramolecular Hbond substituents is 1. The van der Waals surface area contributed by atoms with Crippen molar-refractivity contribution in [2.75, 3.05) is 12.4 Å². The van der Waals surface area contributed by atoms with E-state index in [-0.39, 0.29) is 29.9 Å². The van der Waals surface area contributed by atoms with Gasteiger partial charge < -0.3 is 14.6 Å². The molecule has 1 aromatic rings. The Morgan fingerprint density at radius 2 is 2.04 bits per heavy atom. The van der Waals surface area contributed by atoms with Crippen molar-refractivity contribution in [1.82, 2.24) is 4.72 Å². The first-order chi connectivity index (χ1) is 13.1. The van der Waals surface area contributed by atoms with Gasteiger partial charge in [-0.3, -0.25) is 9.52 Å². The first-order valence-corrected chi connectivity index (χ1v) is 11.1. The molecule has 2 rings (SSSR count). The molecule has 0 spiro atoms. The largest absolute Gasteiger partial charge is 0.508 e. The number of aromatic hydroxyl groups is 1. The van der Waals surface area contributed by atoms with Crippen LogP contribution in [-0.4, -0.2) is 37.6 Å². The van der Waals surface area contributed by atoms with Crippen molar-refractivity contribution < 1.29 is 27.8 Å². The molecule has 28 heavy (non-hydrogen) atoms. The van der Waals surface area contributed by atoms with Crippen LogP contribution >= 0.6 is 0 Å². The van der Waals surface area contributed by atoms with Crippen molar-refractivity contribution in [1.29, 1.82) is 0 Å². The van der Waals surface area contributed by atoms with E-state index >= 15 is 0 Å². The maximum absolute atomic E-state index is 11.6. The van der Waals surface area contributed by atoms with Crippen molar-refractivity contribution in [3.63, 3.8) is 0 Å². The topological polar surface area (TPSA) is 102 Å². The second kappa shape index (κ2) is 9.54. The molecule has 0 aliphatic carbocycles. The number of hydrogen-bond acceptors (Lipinski definition) is 6. The standard InChI is InChI=1S/C20H29NO6S/c1-4-28(24,25)21-18(23)13-7-5-6-10-15-14-26-20(2,3)27-19(15)16-11-8-9-12-17(16)22/h5-6,8-9,11-12,15,19,22H,4,7,10,13-14H2,1-3H3,(H,21,23)/t15-,19+/m1/s1. The summed E-state index contributed by atoms with van der Waals surface area (Å²) < 4.78 is 36.6. The summed E-state index contributed by atoms with van der Waals surface area (Å²) in [4.78, 5) is 11.6. The van der Waals surface area contributed by atoms with Gasteiger partial charge >= 0.3 is 0 Å². The van der Waals surface area contributed by atoms with Gasteiger partial charge in [0, 0.05) is 17.9 Å². The Balaban J connectivity index is 1.93. The summed E-state index contributed by atoms with van der Waals surface area (Å²) in [7, 11) is -3.51. The van der Waals surface area contributed by atoms with Crippen molar-refractivity contribution in [3.05, 3.63) is 42.0 Å². The summed E-state index contributed by atoms with van der Waals surface area (Å²) in [5.74, 6) is -1.18. The average Bonchev–Trinajstić information content (AvgIpc) is 2.62. The Kier molecular flexibility index (Phi) is 7.63. The number of rotatable bonds is 8. The van der Waals surface area contributed by atoms with Gasteiger partial charge in [0.05, 0.1) is 18.5 Å².